The van der Waals surface area contributed by atoms with Gasteiger partial charge in [-0.25, -0.2) is 0 Å². The van der Waals surface area contributed by atoms with Crippen LogP contribution in [0.15, 0.2) is 18.6 Å². The van der Waals surface area contributed by atoms with E-state index in [-0.39, 0.29) is 0 Å². The summed E-state index contributed by atoms with van der Waals surface area (Å²) in [7, 11) is 0. The zero-order valence-electron chi connectivity index (χ0n) is 9.91. The zero-order valence-corrected chi connectivity index (χ0v) is 9.91. The van der Waals surface area contributed by atoms with Crippen LogP contribution in [0, 0.1) is 5.41 Å². The number of aliphatic carboxylic acids is 1. The number of hydrogen-bond acceptors (Lipinski definition) is 4. The van der Waals surface area contributed by atoms with Gasteiger partial charge in [-0.05, 0) is 12.8 Å². The van der Waals surface area contributed by atoms with Gasteiger partial charge in [0.25, 0.3) is 0 Å². The Kier molecular flexibility index (Phi) is 2.50. The Bertz CT molecular complexity index is 587. The molecule has 1 N–H and O–H groups in total. The molecule has 2 heterocycles. The fraction of sp³-hybridized carbons (Fsp3) is 0.500. The molecule has 18 heavy (non-hydrogen) atoms. The van der Waals surface area contributed by atoms with Crippen molar-refractivity contribution in [3.05, 3.63) is 24.4 Å². The smallest absolute Gasteiger partial charge is 0.310 e. The van der Waals surface area contributed by atoms with Crippen LogP contribution in [0.25, 0.3) is 5.65 Å². The highest BCUT2D eigenvalue weighted by atomic mass is 16.4. The summed E-state index contributed by atoms with van der Waals surface area (Å²) in [5, 5.41) is 17.6. The average Bonchev–Trinajstić information content (AvgIpc) is 2.99. The van der Waals surface area contributed by atoms with E-state index >= 15 is 0 Å². The first-order valence-corrected chi connectivity index (χ1v) is 6.08. The molecule has 0 aliphatic heterocycles. The molecule has 3 rings (SSSR count). The van der Waals surface area contributed by atoms with Crippen molar-refractivity contribution in [1.82, 2.24) is 19.6 Å². The maximum atomic E-state index is 11.5. The van der Waals surface area contributed by atoms with Gasteiger partial charge in [0, 0.05) is 18.8 Å². The summed E-state index contributed by atoms with van der Waals surface area (Å²) in [6.07, 6.45) is 8.89. The molecule has 6 nitrogen and oxygen atoms in total. The van der Waals surface area contributed by atoms with Crippen LogP contribution in [0.5, 0.6) is 0 Å². The number of nitrogens with zero attached hydrogens (tertiary/aromatic N) is 4. The lowest BCUT2D eigenvalue weighted by Crippen LogP contribution is -2.31. The van der Waals surface area contributed by atoms with Crippen molar-refractivity contribution < 1.29 is 9.90 Å². The van der Waals surface area contributed by atoms with Gasteiger partial charge in [0.2, 0.25) is 0 Å². The quantitative estimate of drug-likeness (QED) is 0.883. The highest BCUT2D eigenvalue weighted by Crippen LogP contribution is 2.40. The van der Waals surface area contributed by atoms with E-state index < -0.39 is 11.4 Å². The minimum Gasteiger partial charge on any atom is -0.481 e. The van der Waals surface area contributed by atoms with Crippen LogP contribution in [0.3, 0.4) is 0 Å². The molecular formula is C12H14N4O2. The first-order valence-electron chi connectivity index (χ1n) is 6.08. The third-order valence-corrected chi connectivity index (χ3v) is 3.80. The van der Waals surface area contributed by atoms with Gasteiger partial charge < -0.3 is 5.11 Å². The molecule has 0 bridgehead atoms. The van der Waals surface area contributed by atoms with Crippen LogP contribution >= 0.6 is 0 Å². The lowest BCUT2D eigenvalue weighted by Gasteiger charge is -2.22. The number of rotatable bonds is 3. The average molecular weight is 246 g/mol. The first-order chi connectivity index (χ1) is 8.71. The second-order valence-electron chi connectivity index (χ2n) is 4.89. The van der Waals surface area contributed by atoms with Crippen molar-refractivity contribution in [2.24, 2.45) is 5.41 Å². The van der Waals surface area contributed by atoms with Crippen molar-refractivity contribution in [1.29, 1.82) is 0 Å². The SMILES string of the molecule is O=C(O)C1(Cc2nnc3cnccn23)CCCC1. The summed E-state index contributed by atoms with van der Waals surface area (Å²) in [4.78, 5) is 15.5. The third-order valence-electron chi connectivity index (χ3n) is 3.80. The van der Waals surface area contributed by atoms with Crippen LogP contribution < -0.4 is 0 Å². The summed E-state index contributed by atoms with van der Waals surface area (Å²) < 4.78 is 1.82. The van der Waals surface area contributed by atoms with Gasteiger partial charge in [-0.3, -0.25) is 14.2 Å². The number of carboxylic acids is 1. The largest absolute Gasteiger partial charge is 0.481 e. The van der Waals surface area contributed by atoms with Crippen molar-refractivity contribution >= 4 is 11.6 Å². The molecule has 1 fully saturated rings. The molecule has 0 unspecified atom stereocenters. The van der Waals surface area contributed by atoms with Gasteiger partial charge in [-0.15, -0.1) is 10.2 Å². The summed E-state index contributed by atoms with van der Waals surface area (Å²) in [6, 6.07) is 0. The minimum absolute atomic E-state index is 0.438. The van der Waals surface area contributed by atoms with Gasteiger partial charge in [0.15, 0.2) is 5.65 Å². The number of carboxylic acid groups (broad SMARTS) is 1. The van der Waals surface area contributed by atoms with Crippen LogP contribution in [0.1, 0.15) is 31.5 Å². The molecule has 94 valence electrons. The predicted octanol–water partition coefficient (Wildman–Crippen LogP) is 1.31. The summed E-state index contributed by atoms with van der Waals surface area (Å²) in [5.74, 6) is -0.0116. The summed E-state index contributed by atoms with van der Waals surface area (Å²) in [6.45, 7) is 0. The Balaban J connectivity index is 1.98. The van der Waals surface area contributed by atoms with E-state index in [9.17, 15) is 9.90 Å². The molecule has 2 aromatic heterocycles. The Morgan fingerprint density at radius 3 is 2.89 bits per heavy atom. The van der Waals surface area contributed by atoms with Gasteiger partial charge >= 0.3 is 5.97 Å². The Morgan fingerprint density at radius 2 is 2.17 bits per heavy atom. The van der Waals surface area contributed by atoms with Crippen LogP contribution in [-0.2, 0) is 11.2 Å². The lowest BCUT2D eigenvalue weighted by molar-refractivity contribution is -0.148. The van der Waals surface area contributed by atoms with E-state index in [0.29, 0.717) is 17.9 Å². The van der Waals surface area contributed by atoms with Crippen molar-refractivity contribution in [2.75, 3.05) is 0 Å². The molecule has 0 aromatic carbocycles. The molecule has 0 saturated heterocycles. The first kappa shape index (κ1) is 11.1. The fourth-order valence-electron chi connectivity index (χ4n) is 2.74. The molecule has 0 radical (unpaired) electrons. The molecule has 2 aromatic rings. The predicted molar refractivity (Wildman–Crippen MR) is 63.0 cm³/mol. The Labute approximate surface area is 104 Å². The Hall–Kier alpha value is -1.98. The van der Waals surface area contributed by atoms with Crippen molar-refractivity contribution in [3.8, 4) is 0 Å². The van der Waals surface area contributed by atoms with E-state index in [4.69, 9.17) is 0 Å². The van der Waals surface area contributed by atoms with Crippen LogP contribution in [0.4, 0.5) is 0 Å². The fourth-order valence-corrected chi connectivity index (χ4v) is 2.74. The normalized spacial score (nSPS) is 18.2. The number of fused-ring (bicyclic) bond motifs is 1. The molecule has 1 aliphatic rings. The van der Waals surface area contributed by atoms with Gasteiger partial charge in [-0.1, -0.05) is 12.8 Å². The molecule has 1 saturated carbocycles. The maximum Gasteiger partial charge on any atom is 0.310 e. The number of aromatic nitrogens is 4. The molecule has 0 spiro atoms. The van der Waals surface area contributed by atoms with Gasteiger partial charge in [0.1, 0.15) is 5.82 Å². The molecule has 0 amide bonds. The molecule has 1 aliphatic carbocycles. The summed E-state index contributed by atoms with van der Waals surface area (Å²) >= 11 is 0. The lowest BCUT2D eigenvalue weighted by atomic mass is 9.82. The molecule has 6 heteroatoms. The number of carbonyl (C=O) groups is 1. The van der Waals surface area contributed by atoms with E-state index in [1.54, 1.807) is 18.6 Å². The van der Waals surface area contributed by atoms with Crippen molar-refractivity contribution in [2.45, 2.75) is 32.1 Å². The highest BCUT2D eigenvalue weighted by Gasteiger charge is 2.42. The monoisotopic (exact) mass is 246 g/mol. The highest BCUT2D eigenvalue weighted by molar-refractivity contribution is 5.75. The standard InChI is InChI=1S/C12H14N4O2/c17-11(18)12(3-1-2-4-12)7-9-14-15-10-8-13-5-6-16(9)10/h5-6,8H,1-4,7H2,(H,17,18). The van der Waals surface area contributed by atoms with Gasteiger partial charge in [-0.2, -0.15) is 0 Å². The molecular weight excluding hydrogens is 232 g/mol. The third kappa shape index (κ3) is 1.64. The van der Waals surface area contributed by atoms with E-state index in [1.807, 2.05) is 4.40 Å². The van der Waals surface area contributed by atoms with E-state index in [2.05, 4.69) is 15.2 Å². The van der Waals surface area contributed by atoms with Gasteiger partial charge in [0.05, 0.1) is 11.6 Å². The topological polar surface area (TPSA) is 80.4 Å². The summed E-state index contributed by atoms with van der Waals surface area (Å²) in [5.41, 5.74) is -0.00212. The zero-order chi connectivity index (χ0) is 12.6. The van der Waals surface area contributed by atoms with Crippen LogP contribution in [-0.4, -0.2) is 30.7 Å². The Morgan fingerprint density at radius 1 is 1.39 bits per heavy atom. The second kappa shape index (κ2) is 4.04. The van der Waals surface area contributed by atoms with Crippen molar-refractivity contribution in [3.63, 3.8) is 0 Å². The molecule has 0 atom stereocenters. The van der Waals surface area contributed by atoms with Crippen LogP contribution in [0.2, 0.25) is 0 Å². The number of hydrogen-bond donors (Lipinski definition) is 1. The second-order valence-corrected chi connectivity index (χ2v) is 4.89. The minimum atomic E-state index is -0.717. The maximum absolute atomic E-state index is 11.5. The van der Waals surface area contributed by atoms with E-state index in [1.165, 1.54) is 0 Å². The van der Waals surface area contributed by atoms with E-state index in [0.717, 1.165) is 25.7 Å².